The zero-order valence-corrected chi connectivity index (χ0v) is 15.8. The molecule has 4 rings (SSSR count). The first-order valence-corrected chi connectivity index (χ1v) is 9.49. The van der Waals surface area contributed by atoms with Gasteiger partial charge in [0.2, 0.25) is 5.91 Å². The molecule has 29 heavy (non-hydrogen) atoms. The maximum absolute atomic E-state index is 13.7. The molecule has 0 aliphatic carbocycles. The molecule has 2 heterocycles. The van der Waals surface area contributed by atoms with Crippen LogP contribution in [0.3, 0.4) is 0 Å². The number of carbonyl (C=O) groups is 1. The molecule has 0 bridgehead atoms. The molecule has 1 aliphatic heterocycles. The summed E-state index contributed by atoms with van der Waals surface area (Å²) in [5.41, 5.74) is 2.68. The minimum absolute atomic E-state index is 0.0110. The van der Waals surface area contributed by atoms with Crippen LogP contribution in [-0.4, -0.2) is 42.4 Å². The lowest BCUT2D eigenvalue weighted by atomic mass is 10.1. The molecular weight excluding hydrogens is 371 g/mol. The lowest BCUT2D eigenvalue weighted by molar-refractivity contribution is -0.115. The maximum atomic E-state index is 13.7. The fourth-order valence-corrected chi connectivity index (χ4v) is 3.18. The number of anilines is 2. The molecule has 0 radical (unpaired) electrons. The molecule has 1 fully saturated rings. The zero-order valence-electron chi connectivity index (χ0n) is 15.8. The molecule has 148 valence electrons. The van der Waals surface area contributed by atoms with E-state index < -0.39 is 0 Å². The fourth-order valence-electron chi connectivity index (χ4n) is 3.18. The lowest BCUT2D eigenvalue weighted by Gasteiger charge is -2.27. The molecule has 0 atom stereocenters. The Morgan fingerprint density at radius 2 is 1.76 bits per heavy atom. The second kappa shape index (κ2) is 8.79. The van der Waals surface area contributed by atoms with Crippen molar-refractivity contribution in [2.24, 2.45) is 0 Å². The number of aromatic nitrogens is 2. The number of ether oxygens (including phenoxy) is 1. The summed E-state index contributed by atoms with van der Waals surface area (Å²) in [6.45, 7) is 3.03. The SMILES string of the molecule is O=C(Cc1ccccc1F)Nc1ccc(-c2ccc(N3CCOCC3)nn2)cc1. The van der Waals surface area contributed by atoms with E-state index in [0.29, 0.717) is 24.5 Å². The van der Waals surface area contributed by atoms with Gasteiger partial charge in [-0.25, -0.2) is 4.39 Å². The van der Waals surface area contributed by atoms with Crippen LogP contribution in [0, 0.1) is 5.82 Å². The van der Waals surface area contributed by atoms with E-state index in [1.807, 2.05) is 24.3 Å². The monoisotopic (exact) mass is 392 g/mol. The third-order valence-electron chi connectivity index (χ3n) is 4.76. The van der Waals surface area contributed by atoms with Gasteiger partial charge in [0.15, 0.2) is 5.82 Å². The Labute approximate surface area is 168 Å². The number of hydrogen-bond acceptors (Lipinski definition) is 5. The number of amides is 1. The van der Waals surface area contributed by atoms with E-state index in [1.165, 1.54) is 6.07 Å². The predicted octanol–water partition coefficient (Wildman–Crippen LogP) is 3.30. The molecule has 0 unspecified atom stereocenters. The summed E-state index contributed by atoms with van der Waals surface area (Å²) in [5, 5.41) is 11.4. The topological polar surface area (TPSA) is 67.4 Å². The number of halogens is 1. The van der Waals surface area contributed by atoms with E-state index in [4.69, 9.17) is 4.74 Å². The minimum atomic E-state index is -0.378. The van der Waals surface area contributed by atoms with Crippen molar-refractivity contribution in [1.29, 1.82) is 0 Å². The van der Waals surface area contributed by atoms with E-state index in [0.717, 1.165) is 30.2 Å². The summed E-state index contributed by atoms with van der Waals surface area (Å²) in [4.78, 5) is 14.3. The van der Waals surface area contributed by atoms with Gasteiger partial charge in [-0.3, -0.25) is 4.79 Å². The Balaban J connectivity index is 1.38. The molecule has 3 aromatic rings. The average molecular weight is 392 g/mol. The number of nitrogens with one attached hydrogen (secondary N) is 1. The van der Waals surface area contributed by atoms with Gasteiger partial charge in [0.25, 0.3) is 0 Å². The van der Waals surface area contributed by atoms with Gasteiger partial charge < -0.3 is 15.0 Å². The molecule has 0 saturated carbocycles. The number of nitrogens with zero attached hydrogens (tertiary/aromatic N) is 3. The summed E-state index contributed by atoms with van der Waals surface area (Å²) in [5.74, 6) is 0.198. The molecule has 1 aromatic heterocycles. The Hall–Kier alpha value is -3.32. The second-order valence-corrected chi connectivity index (χ2v) is 6.77. The van der Waals surface area contributed by atoms with Crippen molar-refractivity contribution in [1.82, 2.24) is 10.2 Å². The van der Waals surface area contributed by atoms with E-state index in [9.17, 15) is 9.18 Å². The normalized spacial score (nSPS) is 13.9. The Bertz CT molecular complexity index is 971. The standard InChI is InChI=1S/C22H21FN4O2/c23-19-4-2-1-3-17(19)15-22(28)24-18-7-5-16(6-8-18)20-9-10-21(26-25-20)27-11-13-29-14-12-27/h1-10H,11-15H2,(H,24,28). The maximum Gasteiger partial charge on any atom is 0.228 e. The van der Waals surface area contributed by atoms with Crippen molar-refractivity contribution < 1.29 is 13.9 Å². The van der Waals surface area contributed by atoms with Crippen molar-refractivity contribution in [3.8, 4) is 11.3 Å². The van der Waals surface area contributed by atoms with Crippen molar-refractivity contribution in [2.45, 2.75) is 6.42 Å². The number of carbonyl (C=O) groups excluding carboxylic acids is 1. The third kappa shape index (κ3) is 4.75. The minimum Gasteiger partial charge on any atom is -0.378 e. The first-order chi connectivity index (χ1) is 14.2. The van der Waals surface area contributed by atoms with Crippen LogP contribution in [0.15, 0.2) is 60.7 Å². The van der Waals surface area contributed by atoms with Crippen LogP contribution in [0.2, 0.25) is 0 Å². The average Bonchev–Trinajstić information content (AvgIpc) is 2.77. The Morgan fingerprint density at radius 1 is 1.00 bits per heavy atom. The van der Waals surface area contributed by atoms with Crippen LogP contribution in [0.4, 0.5) is 15.9 Å². The van der Waals surface area contributed by atoms with Crippen molar-refractivity contribution in [2.75, 3.05) is 36.5 Å². The molecular formula is C22H21FN4O2. The van der Waals surface area contributed by atoms with E-state index in [1.54, 1.807) is 30.3 Å². The molecule has 1 amide bonds. The van der Waals surface area contributed by atoms with Gasteiger partial charge in [-0.2, -0.15) is 0 Å². The smallest absolute Gasteiger partial charge is 0.228 e. The first kappa shape index (κ1) is 19.0. The summed E-state index contributed by atoms with van der Waals surface area (Å²) in [7, 11) is 0. The highest BCUT2D eigenvalue weighted by Crippen LogP contribution is 2.21. The van der Waals surface area contributed by atoms with E-state index in [2.05, 4.69) is 20.4 Å². The molecule has 0 spiro atoms. The molecule has 1 N–H and O–H groups in total. The van der Waals surface area contributed by atoms with Gasteiger partial charge in [0, 0.05) is 24.3 Å². The quantitative estimate of drug-likeness (QED) is 0.722. The summed E-state index contributed by atoms with van der Waals surface area (Å²) in [6, 6.07) is 17.5. The van der Waals surface area contributed by atoms with Crippen LogP contribution in [0.25, 0.3) is 11.3 Å². The summed E-state index contributed by atoms with van der Waals surface area (Å²) >= 11 is 0. The molecule has 2 aromatic carbocycles. The van der Waals surface area contributed by atoms with Crippen molar-refractivity contribution in [3.05, 3.63) is 72.0 Å². The summed E-state index contributed by atoms with van der Waals surface area (Å²) in [6.07, 6.45) is -0.0110. The van der Waals surface area contributed by atoms with Crippen LogP contribution < -0.4 is 10.2 Å². The largest absolute Gasteiger partial charge is 0.378 e. The van der Waals surface area contributed by atoms with Crippen LogP contribution in [0.1, 0.15) is 5.56 Å². The highest BCUT2D eigenvalue weighted by atomic mass is 19.1. The number of hydrogen-bond donors (Lipinski definition) is 1. The highest BCUT2D eigenvalue weighted by molar-refractivity contribution is 5.92. The van der Waals surface area contributed by atoms with Gasteiger partial charge in [-0.1, -0.05) is 30.3 Å². The second-order valence-electron chi connectivity index (χ2n) is 6.77. The molecule has 1 saturated heterocycles. The molecule has 1 aliphatic rings. The lowest BCUT2D eigenvalue weighted by Crippen LogP contribution is -2.36. The van der Waals surface area contributed by atoms with Gasteiger partial charge in [0.1, 0.15) is 5.82 Å². The Morgan fingerprint density at radius 3 is 2.45 bits per heavy atom. The first-order valence-electron chi connectivity index (χ1n) is 9.49. The predicted molar refractivity (Wildman–Crippen MR) is 109 cm³/mol. The molecule has 7 heteroatoms. The summed E-state index contributed by atoms with van der Waals surface area (Å²) < 4.78 is 19.0. The number of benzene rings is 2. The highest BCUT2D eigenvalue weighted by Gasteiger charge is 2.13. The van der Waals surface area contributed by atoms with Gasteiger partial charge >= 0.3 is 0 Å². The fraction of sp³-hybridized carbons (Fsp3) is 0.227. The van der Waals surface area contributed by atoms with Gasteiger partial charge in [0.05, 0.1) is 25.3 Å². The zero-order chi connectivity index (χ0) is 20.1. The van der Waals surface area contributed by atoms with Crippen LogP contribution in [0.5, 0.6) is 0 Å². The van der Waals surface area contributed by atoms with E-state index in [-0.39, 0.29) is 18.1 Å². The Kier molecular flexibility index (Phi) is 5.76. The number of rotatable bonds is 5. The number of morpholine rings is 1. The molecule has 6 nitrogen and oxygen atoms in total. The van der Waals surface area contributed by atoms with Gasteiger partial charge in [-0.15, -0.1) is 10.2 Å². The van der Waals surface area contributed by atoms with Crippen molar-refractivity contribution in [3.63, 3.8) is 0 Å². The van der Waals surface area contributed by atoms with Crippen molar-refractivity contribution >= 4 is 17.4 Å². The third-order valence-corrected chi connectivity index (χ3v) is 4.76. The van der Waals surface area contributed by atoms with Gasteiger partial charge in [-0.05, 0) is 35.9 Å². The van der Waals surface area contributed by atoms with Crippen LogP contribution >= 0.6 is 0 Å². The van der Waals surface area contributed by atoms with Crippen LogP contribution in [-0.2, 0) is 16.0 Å². The van der Waals surface area contributed by atoms with E-state index >= 15 is 0 Å².